The summed E-state index contributed by atoms with van der Waals surface area (Å²) in [5.41, 5.74) is 0.841. The minimum atomic E-state index is -0.662. The summed E-state index contributed by atoms with van der Waals surface area (Å²) in [6.07, 6.45) is 2.45. The molecule has 1 aliphatic rings. The normalized spacial score (nSPS) is 26.5. The Balaban J connectivity index is 2.10. The van der Waals surface area contributed by atoms with Gasteiger partial charge in [0.1, 0.15) is 6.33 Å². The summed E-state index contributed by atoms with van der Waals surface area (Å²) < 4.78 is 2.56. The van der Waals surface area contributed by atoms with E-state index in [1.807, 2.05) is 0 Å². The second-order valence-electron chi connectivity index (χ2n) is 4.96. The molecule has 1 fully saturated rings. The van der Waals surface area contributed by atoms with E-state index in [1.54, 1.807) is 4.57 Å². The Morgan fingerprint density at radius 1 is 1.45 bits per heavy atom. The summed E-state index contributed by atoms with van der Waals surface area (Å²) >= 11 is 0. The fourth-order valence-electron chi connectivity index (χ4n) is 2.72. The molecule has 1 aliphatic carbocycles. The van der Waals surface area contributed by atoms with E-state index in [4.69, 9.17) is 5.84 Å². The minimum absolute atomic E-state index is 0.161. The highest BCUT2D eigenvalue weighted by Crippen LogP contribution is 2.39. The molecular formula is C12H15N5O3. The Morgan fingerprint density at radius 2 is 2.20 bits per heavy atom. The summed E-state index contributed by atoms with van der Waals surface area (Å²) in [5, 5.41) is 19.2. The number of hydrogen-bond donors (Lipinski definition) is 3. The lowest BCUT2D eigenvalue weighted by Gasteiger charge is -2.15. The van der Waals surface area contributed by atoms with Crippen molar-refractivity contribution < 1.29 is 10.2 Å². The highest BCUT2D eigenvalue weighted by atomic mass is 16.3. The first-order chi connectivity index (χ1) is 9.54. The van der Waals surface area contributed by atoms with Crippen LogP contribution in [0.5, 0.6) is 0 Å². The van der Waals surface area contributed by atoms with Crippen molar-refractivity contribution in [3.8, 4) is 0 Å². The third-order valence-corrected chi connectivity index (χ3v) is 3.88. The number of nitrogens with zero attached hydrogens (tertiary/aromatic N) is 4. The van der Waals surface area contributed by atoms with Crippen molar-refractivity contribution in [3.63, 3.8) is 0 Å². The van der Waals surface area contributed by atoms with Gasteiger partial charge in [0.2, 0.25) is 0 Å². The van der Waals surface area contributed by atoms with Crippen LogP contribution in [0.3, 0.4) is 0 Å². The quantitative estimate of drug-likeness (QED) is 0.467. The Kier molecular flexibility index (Phi) is 2.84. The molecule has 8 heteroatoms. The van der Waals surface area contributed by atoms with E-state index in [0.29, 0.717) is 17.6 Å². The van der Waals surface area contributed by atoms with E-state index in [-0.39, 0.29) is 24.1 Å². The predicted molar refractivity (Wildman–Crippen MR) is 71.3 cm³/mol. The Morgan fingerprint density at radius 3 is 2.85 bits per heavy atom. The number of aliphatic hydroxyl groups excluding tert-OH is 2. The lowest BCUT2D eigenvalue weighted by molar-refractivity contribution is 0.101. The molecule has 3 atom stereocenters. The Labute approximate surface area is 113 Å². The SMILES string of the molecule is C=C1C(CO)C(O)CC1n1cnc2c(=O)n(N)cnc21. The van der Waals surface area contributed by atoms with Crippen LogP contribution in [-0.2, 0) is 0 Å². The van der Waals surface area contributed by atoms with Gasteiger partial charge in [-0.25, -0.2) is 14.6 Å². The van der Waals surface area contributed by atoms with Gasteiger partial charge in [-0.1, -0.05) is 6.58 Å². The summed E-state index contributed by atoms with van der Waals surface area (Å²) in [7, 11) is 0. The first kappa shape index (κ1) is 12.8. The van der Waals surface area contributed by atoms with Crippen LogP contribution in [0.25, 0.3) is 11.2 Å². The second kappa shape index (κ2) is 4.43. The number of aromatic nitrogens is 4. The molecule has 3 unspecified atom stereocenters. The van der Waals surface area contributed by atoms with E-state index in [1.165, 1.54) is 12.7 Å². The molecule has 0 aliphatic heterocycles. The highest BCUT2D eigenvalue weighted by Gasteiger charge is 2.37. The molecule has 1 saturated carbocycles. The van der Waals surface area contributed by atoms with Crippen LogP contribution in [0, 0.1) is 5.92 Å². The van der Waals surface area contributed by atoms with Gasteiger partial charge < -0.3 is 20.6 Å². The number of nitrogens with two attached hydrogens (primary N) is 1. The maximum absolute atomic E-state index is 11.8. The number of nitrogen functional groups attached to an aromatic ring is 1. The van der Waals surface area contributed by atoms with Gasteiger partial charge in [0.15, 0.2) is 11.2 Å². The van der Waals surface area contributed by atoms with Crippen LogP contribution in [0.1, 0.15) is 12.5 Å². The number of hydrogen-bond acceptors (Lipinski definition) is 6. The number of aliphatic hydroxyl groups is 2. The van der Waals surface area contributed by atoms with Crippen molar-refractivity contribution in [3.05, 3.63) is 35.2 Å². The highest BCUT2D eigenvalue weighted by molar-refractivity contribution is 5.69. The van der Waals surface area contributed by atoms with Gasteiger partial charge in [-0.15, -0.1) is 0 Å². The molecule has 20 heavy (non-hydrogen) atoms. The molecule has 0 amide bonds. The van der Waals surface area contributed by atoms with Gasteiger partial charge in [-0.3, -0.25) is 4.79 Å². The van der Waals surface area contributed by atoms with Crippen LogP contribution in [0.15, 0.2) is 29.6 Å². The average molecular weight is 277 g/mol. The van der Waals surface area contributed by atoms with Crippen LogP contribution in [-0.4, -0.2) is 42.1 Å². The molecule has 2 heterocycles. The number of imidazole rings is 1. The van der Waals surface area contributed by atoms with Crippen molar-refractivity contribution in [2.24, 2.45) is 5.92 Å². The molecule has 0 bridgehead atoms. The molecule has 0 spiro atoms. The van der Waals surface area contributed by atoms with Gasteiger partial charge in [0.05, 0.1) is 25.1 Å². The maximum atomic E-state index is 11.8. The van der Waals surface area contributed by atoms with Gasteiger partial charge in [-0.05, 0) is 12.0 Å². The number of fused-ring (bicyclic) bond motifs is 1. The summed E-state index contributed by atoms with van der Waals surface area (Å²) in [5.74, 6) is 5.08. The molecule has 3 rings (SSSR count). The van der Waals surface area contributed by atoms with E-state index in [0.717, 1.165) is 4.68 Å². The minimum Gasteiger partial charge on any atom is -0.396 e. The fourth-order valence-corrected chi connectivity index (χ4v) is 2.72. The van der Waals surface area contributed by atoms with Crippen molar-refractivity contribution in [1.29, 1.82) is 0 Å². The molecular weight excluding hydrogens is 262 g/mol. The molecule has 0 radical (unpaired) electrons. The third kappa shape index (κ3) is 1.65. The largest absolute Gasteiger partial charge is 0.396 e. The van der Waals surface area contributed by atoms with Crippen molar-refractivity contribution in [2.45, 2.75) is 18.6 Å². The molecule has 4 N–H and O–H groups in total. The van der Waals surface area contributed by atoms with Crippen LogP contribution in [0.2, 0.25) is 0 Å². The first-order valence-electron chi connectivity index (χ1n) is 6.21. The lowest BCUT2D eigenvalue weighted by Crippen LogP contribution is -2.27. The second-order valence-corrected chi connectivity index (χ2v) is 4.96. The predicted octanol–water partition coefficient (Wildman–Crippen LogP) is -1.22. The Bertz CT molecular complexity index is 734. The topological polar surface area (TPSA) is 119 Å². The molecule has 106 valence electrons. The third-order valence-electron chi connectivity index (χ3n) is 3.88. The monoisotopic (exact) mass is 277 g/mol. The summed E-state index contributed by atoms with van der Waals surface area (Å²) in [4.78, 5) is 20.0. The molecule has 0 aromatic carbocycles. The fraction of sp³-hybridized carbons (Fsp3) is 0.417. The maximum Gasteiger partial charge on any atom is 0.299 e. The molecule has 2 aromatic rings. The molecule has 8 nitrogen and oxygen atoms in total. The van der Waals surface area contributed by atoms with Crippen molar-refractivity contribution >= 4 is 11.2 Å². The van der Waals surface area contributed by atoms with Gasteiger partial charge in [-0.2, -0.15) is 0 Å². The van der Waals surface area contributed by atoms with Crippen molar-refractivity contribution in [2.75, 3.05) is 12.4 Å². The summed E-state index contributed by atoms with van der Waals surface area (Å²) in [6, 6.07) is -0.243. The molecule has 2 aromatic heterocycles. The van der Waals surface area contributed by atoms with Gasteiger partial charge >= 0.3 is 0 Å². The average Bonchev–Trinajstić information content (AvgIpc) is 2.96. The van der Waals surface area contributed by atoms with E-state index in [2.05, 4.69) is 16.5 Å². The zero-order valence-corrected chi connectivity index (χ0v) is 10.7. The summed E-state index contributed by atoms with van der Waals surface area (Å²) in [6.45, 7) is 3.78. The first-order valence-corrected chi connectivity index (χ1v) is 6.21. The van der Waals surface area contributed by atoms with Crippen LogP contribution in [0.4, 0.5) is 0 Å². The van der Waals surface area contributed by atoms with Gasteiger partial charge in [0, 0.05) is 5.92 Å². The van der Waals surface area contributed by atoms with E-state index >= 15 is 0 Å². The van der Waals surface area contributed by atoms with Gasteiger partial charge in [0.25, 0.3) is 5.56 Å². The zero-order valence-electron chi connectivity index (χ0n) is 10.7. The standard InChI is InChI=1S/C12H15N5O3/c1-6-7(3-18)9(19)2-8(6)16-4-14-10-11(16)15-5-17(13)12(10)20/h4-5,7-9,18-19H,1-3,13H2. The Hall–Kier alpha value is -2.19. The lowest BCUT2D eigenvalue weighted by atomic mass is 10.0. The zero-order chi connectivity index (χ0) is 14.4. The smallest absolute Gasteiger partial charge is 0.299 e. The van der Waals surface area contributed by atoms with E-state index < -0.39 is 11.7 Å². The van der Waals surface area contributed by atoms with Crippen molar-refractivity contribution in [1.82, 2.24) is 19.2 Å². The number of rotatable bonds is 2. The molecule has 0 saturated heterocycles. The van der Waals surface area contributed by atoms with Crippen LogP contribution < -0.4 is 11.4 Å². The van der Waals surface area contributed by atoms with E-state index in [9.17, 15) is 15.0 Å². The van der Waals surface area contributed by atoms with Crippen LogP contribution >= 0.6 is 0 Å².